The second kappa shape index (κ2) is 7.71. The quantitative estimate of drug-likeness (QED) is 0.430. The van der Waals surface area contributed by atoms with Crippen LogP contribution in [0.4, 0.5) is 5.69 Å². The second-order valence-corrected chi connectivity index (χ2v) is 6.29. The first-order valence-corrected chi connectivity index (χ1v) is 8.48. The first-order valence-electron chi connectivity index (χ1n) is 8.48. The van der Waals surface area contributed by atoms with E-state index in [1.54, 1.807) is 6.21 Å². The van der Waals surface area contributed by atoms with Gasteiger partial charge in [0.05, 0.1) is 5.69 Å². The van der Waals surface area contributed by atoms with Gasteiger partial charge in [0, 0.05) is 17.3 Å². The molecule has 3 aromatic carbocycles. The van der Waals surface area contributed by atoms with Crippen LogP contribution in [0.1, 0.15) is 46.8 Å². The van der Waals surface area contributed by atoms with E-state index < -0.39 is 0 Å². The fourth-order valence-corrected chi connectivity index (χ4v) is 2.63. The number of hydrogen-bond donors (Lipinski definition) is 0. The van der Waals surface area contributed by atoms with Gasteiger partial charge in [-0.1, -0.05) is 80.6 Å². The second-order valence-electron chi connectivity index (χ2n) is 6.29. The lowest BCUT2D eigenvalue weighted by Gasteiger charge is -2.06. The van der Waals surface area contributed by atoms with Crippen molar-refractivity contribution in [3.8, 4) is 0 Å². The third kappa shape index (κ3) is 4.10. The minimum Gasteiger partial charge on any atom is -0.289 e. The molecule has 0 fully saturated rings. The Balaban J connectivity index is 1.87. The van der Waals surface area contributed by atoms with Crippen molar-refractivity contribution < 1.29 is 4.79 Å². The van der Waals surface area contributed by atoms with Crippen molar-refractivity contribution in [1.82, 2.24) is 0 Å². The Labute approximate surface area is 148 Å². The molecule has 0 aliphatic heterocycles. The molecule has 0 aliphatic carbocycles. The van der Waals surface area contributed by atoms with E-state index in [9.17, 15) is 4.79 Å². The Morgan fingerprint density at radius 3 is 2.16 bits per heavy atom. The van der Waals surface area contributed by atoms with Crippen LogP contribution in [0.15, 0.2) is 83.9 Å². The molecule has 2 nitrogen and oxygen atoms in total. The van der Waals surface area contributed by atoms with E-state index in [1.807, 2.05) is 54.6 Å². The zero-order valence-corrected chi connectivity index (χ0v) is 14.5. The van der Waals surface area contributed by atoms with Gasteiger partial charge in [0.15, 0.2) is 5.78 Å². The normalized spacial score (nSPS) is 11.2. The minimum absolute atomic E-state index is 0.0106. The topological polar surface area (TPSA) is 29.4 Å². The molecule has 0 heterocycles. The van der Waals surface area contributed by atoms with E-state index in [4.69, 9.17) is 0 Å². The van der Waals surface area contributed by atoms with Crippen LogP contribution in [0, 0.1) is 0 Å². The van der Waals surface area contributed by atoms with Crippen molar-refractivity contribution in [3.05, 3.63) is 101 Å². The molecule has 3 rings (SSSR count). The predicted molar refractivity (Wildman–Crippen MR) is 104 cm³/mol. The van der Waals surface area contributed by atoms with Gasteiger partial charge in [-0.2, -0.15) is 0 Å². The summed E-state index contributed by atoms with van der Waals surface area (Å²) < 4.78 is 0. The van der Waals surface area contributed by atoms with Crippen molar-refractivity contribution in [1.29, 1.82) is 0 Å². The Hall–Kier alpha value is -3.00. The highest BCUT2D eigenvalue weighted by Gasteiger charge is 2.12. The summed E-state index contributed by atoms with van der Waals surface area (Å²) in [5, 5.41) is 0. The van der Waals surface area contributed by atoms with E-state index in [2.05, 4.69) is 43.1 Å². The highest BCUT2D eigenvalue weighted by Crippen LogP contribution is 2.22. The average molecular weight is 327 g/mol. The first kappa shape index (κ1) is 16.8. The molecule has 0 amide bonds. The lowest BCUT2D eigenvalue weighted by atomic mass is 10.0. The highest BCUT2D eigenvalue weighted by atomic mass is 16.1. The maximum atomic E-state index is 12.7. The third-order valence-electron chi connectivity index (χ3n) is 4.14. The summed E-state index contributed by atoms with van der Waals surface area (Å²) in [5.74, 6) is 0.499. The van der Waals surface area contributed by atoms with Gasteiger partial charge in [0.1, 0.15) is 0 Å². The zero-order chi connectivity index (χ0) is 17.6. The molecule has 0 saturated heterocycles. The lowest BCUT2D eigenvalue weighted by molar-refractivity contribution is 0.103. The molecule has 2 heteroatoms. The van der Waals surface area contributed by atoms with E-state index in [1.165, 1.54) is 5.56 Å². The van der Waals surface area contributed by atoms with Crippen LogP contribution < -0.4 is 0 Å². The largest absolute Gasteiger partial charge is 0.289 e. The maximum Gasteiger partial charge on any atom is 0.195 e. The van der Waals surface area contributed by atoms with Gasteiger partial charge in [-0.05, 0) is 29.2 Å². The monoisotopic (exact) mass is 327 g/mol. The fourth-order valence-electron chi connectivity index (χ4n) is 2.63. The van der Waals surface area contributed by atoms with Gasteiger partial charge in [0.2, 0.25) is 0 Å². The van der Waals surface area contributed by atoms with Crippen LogP contribution in [0.5, 0.6) is 0 Å². The number of para-hydroxylation sites is 1. The molecule has 0 radical (unpaired) electrons. The van der Waals surface area contributed by atoms with Crippen LogP contribution in [0.2, 0.25) is 0 Å². The number of aliphatic imine (C=N–C) groups is 1. The minimum atomic E-state index is -0.0106. The van der Waals surface area contributed by atoms with E-state index >= 15 is 0 Å². The first-order chi connectivity index (χ1) is 12.1. The Morgan fingerprint density at radius 1 is 0.840 bits per heavy atom. The van der Waals surface area contributed by atoms with E-state index in [0.717, 1.165) is 5.56 Å². The molecule has 25 heavy (non-hydrogen) atoms. The predicted octanol–water partition coefficient (Wildman–Crippen LogP) is 5.79. The van der Waals surface area contributed by atoms with Crippen LogP contribution in [0.3, 0.4) is 0 Å². The molecule has 0 spiro atoms. The van der Waals surface area contributed by atoms with Gasteiger partial charge in [-0.3, -0.25) is 9.79 Å². The summed E-state index contributed by atoms with van der Waals surface area (Å²) >= 11 is 0. The summed E-state index contributed by atoms with van der Waals surface area (Å²) in [7, 11) is 0. The molecule has 124 valence electrons. The number of benzene rings is 3. The number of rotatable bonds is 5. The van der Waals surface area contributed by atoms with Crippen molar-refractivity contribution in [2.45, 2.75) is 19.8 Å². The van der Waals surface area contributed by atoms with Crippen LogP contribution in [-0.2, 0) is 0 Å². The SMILES string of the molecule is CC(C)c1ccc(C=Nc2ccccc2C(=O)c2ccccc2)cc1. The molecule has 0 bridgehead atoms. The maximum absolute atomic E-state index is 12.7. The van der Waals surface area contributed by atoms with Crippen LogP contribution in [0.25, 0.3) is 0 Å². The van der Waals surface area contributed by atoms with Gasteiger partial charge in [-0.25, -0.2) is 0 Å². The average Bonchev–Trinajstić information content (AvgIpc) is 2.67. The molecular formula is C23H21NO. The molecule has 3 aromatic rings. The molecule has 0 aromatic heterocycles. The van der Waals surface area contributed by atoms with Crippen LogP contribution in [-0.4, -0.2) is 12.0 Å². The molecular weight excluding hydrogens is 306 g/mol. The third-order valence-corrected chi connectivity index (χ3v) is 4.14. The fraction of sp³-hybridized carbons (Fsp3) is 0.130. The zero-order valence-electron chi connectivity index (χ0n) is 14.5. The summed E-state index contributed by atoms with van der Waals surface area (Å²) in [5.41, 5.74) is 4.29. The molecule has 0 aliphatic rings. The number of hydrogen-bond acceptors (Lipinski definition) is 2. The smallest absolute Gasteiger partial charge is 0.195 e. The summed E-state index contributed by atoms with van der Waals surface area (Å²) in [4.78, 5) is 17.3. The highest BCUT2D eigenvalue weighted by molar-refractivity contribution is 6.12. The van der Waals surface area contributed by atoms with Gasteiger partial charge in [-0.15, -0.1) is 0 Å². The molecule has 0 atom stereocenters. The van der Waals surface area contributed by atoms with Crippen molar-refractivity contribution >= 4 is 17.7 Å². The standard InChI is InChI=1S/C23H21NO/c1-17(2)19-14-12-18(13-15-19)16-24-22-11-7-6-10-21(22)23(25)20-8-4-3-5-9-20/h3-17H,1-2H3. The summed E-state index contributed by atoms with van der Waals surface area (Å²) in [6.07, 6.45) is 1.81. The molecule has 0 saturated carbocycles. The molecule has 0 unspecified atom stereocenters. The lowest BCUT2D eigenvalue weighted by Crippen LogP contribution is -2.01. The van der Waals surface area contributed by atoms with Gasteiger partial charge in [0.25, 0.3) is 0 Å². The number of nitrogens with zero attached hydrogens (tertiary/aromatic N) is 1. The molecule has 0 N–H and O–H groups in total. The van der Waals surface area contributed by atoms with E-state index in [0.29, 0.717) is 22.7 Å². The number of carbonyl (C=O) groups is 1. The number of carbonyl (C=O) groups excluding carboxylic acids is 1. The van der Waals surface area contributed by atoms with E-state index in [-0.39, 0.29) is 5.78 Å². The van der Waals surface area contributed by atoms with Gasteiger partial charge < -0.3 is 0 Å². The van der Waals surface area contributed by atoms with Crippen molar-refractivity contribution in [2.75, 3.05) is 0 Å². The van der Waals surface area contributed by atoms with Gasteiger partial charge >= 0.3 is 0 Å². The Bertz CT molecular complexity index is 877. The van der Waals surface area contributed by atoms with Crippen LogP contribution >= 0.6 is 0 Å². The van der Waals surface area contributed by atoms with Crippen molar-refractivity contribution in [2.24, 2.45) is 4.99 Å². The Kier molecular flexibility index (Phi) is 5.20. The van der Waals surface area contributed by atoms with Crippen molar-refractivity contribution in [3.63, 3.8) is 0 Å². The number of ketones is 1. The summed E-state index contributed by atoms with van der Waals surface area (Å²) in [6, 6.07) is 25.1. The Morgan fingerprint density at radius 2 is 1.48 bits per heavy atom. The summed E-state index contributed by atoms with van der Waals surface area (Å²) in [6.45, 7) is 4.35.